The summed E-state index contributed by atoms with van der Waals surface area (Å²) in [5.74, 6) is -5.15. The Balaban J connectivity index is 1.34. The Bertz CT molecular complexity index is 1930. The van der Waals surface area contributed by atoms with E-state index in [-0.39, 0.29) is 48.6 Å². The number of nitrogens with zero attached hydrogens (tertiary/aromatic N) is 5. The minimum Gasteiger partial charge on any atom is -0.506 e. The fraction of sp³-hybridized carbons (Fsp3) is 0.727. The monoisotopic (exact) mass is 839 g/mol. The largest absolute Gasteiger partial charge is 0.506 e. The van der Waals surface area contributed by atoms with Crippen LogP contribution in [0.5, 0.6) is 5.75 Å². The molecule has 0 aromatic carbocycles. The number of amides is 1. The van der Waals surface area contributed by atoms with E-state index in [1.165, 1.54) is 20.2 Å². The summed E-state index contributed by atoms with van der Waals surface area (Å²) >= 11 is 0. The standard InChI is InChI=1S/C44H65N5O11/c1-13-32-44(9)38(49(42(55)60-44)28-20-48(21-28)27(7)33-31(50)19-46-29-15-14-16-45-34(29)33)24(4)35(51)22(2)18-43(8,56-12)39(25(5)36(52)26(6)40(54)58-32)59-41-37(53)30(47(10)11)17-23(3)57-41/h14-16,19,22-28,30,32,37-39,41,50,53H,13,17-18,20-21H2,1-12H3/t22-,23-,24+,25+,26-,27?,30+,32-,37-,38?,39-,41+,43-,44-/m1/s1. The fourth-order valence-electron chi connectivity index (χ4n) is 10.4. The number of cyclic esters (lactones) is 1. The molecule has 2 unspecified atom stereocenters. The van der Waals surface area contributed by atoms with Crippen molar-refractivity contribution in [3.8, 4) is 5.75 Å². The number of hydrogen-bond acceptors (Lipinski definition) is 15. The first-order chi connectivity index (χ1) is 28.2. The number of carbonyl (C=O) groups is 4. The lowest BCUT2D eigenvalue weighted by Gasteiger charge is -2.50. The number of fused-ring (bicyclic) bond motifs is 2. The molecular formula is C44H65N5O11. The van der Waals surface area contributed by atoms with Crippen molar-refractivity contribution in [1.82, 2.24) is 24.7 Å². The summed E-state index contributed by atoms with van der Waals surface area (Å²) in [7, 11) is 5.22. The molecular weight excluding hydrogens is 775 g/mol. The Hall–Kier alpha value is -3.80. The molecule has 6 rings (SSSR count). The van der Waals surface area contributed by atoms with Crippen molar-refractivity contribution >= 4 is 34.7 Å². The minimum absolute atomic E-state index is 0.0183. The summed E-state index contributed by atoms with van der Waals surface area (Å²) in [4.78, 5) is 72.0. The number of carbonyl (C=O) groups excluding carboxylic acids is 4. The Morgan fingerprint density at radius 1 is 1.03 bits per heavy atom. The number of ketones is 2. The summed E-state index contributed by atoms with van der Waals surface area (Å²) in [6.07, 6.45) is -1.22. The van der Waals surface area contributed by atoms with E-state index in [4.69, 9.17) is 23.7 Å². The summed E-state index contributed by atoms with van der Waals surface area (Å²) < 4.78 is 31.4. The maximum absolute atomic E-state index is 14.9. The van der Waals surface area contributed by atoms with E-state index >= 15 is 0 Å². The van der Waals surface area contributed by atoms with Crippen LogP contribution in [0.15, 0.2) is 24.5 Å². The molecule has 0 saturated carbocycles. The van der Waals surface area contributed by atoms with Gasteiger partial charge in [-0.25, -0.2) is 4.79 Å². The number of ether oxygens (including phenoxy) is 5. The Kier molecular flexibility index (Phi) is 13.4. The topological polar surface area (TPSA) is 190 Å². The van der Waals surface area contributed by atoms with Crippen LogP contribution in [0.25, 0.3) is 11.0 Å². The van der Waals surface area contributed by atoms with Crippen molar-refractivity contribution in [2.24, 2.45) is 23.7 Å². The highest BCUT2D eigenvalue weighted by Crippen LogP contribution is 2.46. The van der Waals surface area contributed by atoms with Gasteiger partial charge < -0.3 is 38.8 Å². The first-order valence-electron chi connectivity index (χ1n) is 21.3. The van der Waals surface area contributed by atoms with Crippen molar-refractivity contribution in [3.05, 3.63) is 30.1 Å². The smallest absolute Gasteiger partial charge is 0.411 e. The van der Waals surface area contributed by atoms with E-state index in [2.05, 4.69) is 14.9 Å². The number of aromatic hydroxyl groups is 1. The van der Waals surface area contributed by atoms with Gasteiger partial charge in [0.1, 0.15) is 29.7 Å². The van der Waals surface area contributed by atoms with Crippen molar-refractivity contribution < 1.29 is 53.1 Å². The van der Waals surface area contributed by atoms with Gasteiger partial charge in [0.05, 0.1) is 47.1 Å². The van der Waals surface area contributed by atoms with Gasteiger partial charge in [-0.2, -0.15) is 0 Å². The highest BCUT2D eigenvalue weighted by Gasteiger charge is 2.63. The van der Waals surface area contributed by atoms with Crippen molar-refractivity contribution in [1.29, 1.82) is 0 Å². The minimum atomic E-state index is -1.46. The molecule has 0 spiro atoms. The number of hydrogen-bond donors (Lipinski definition) is 2. The van der Waals surface area contributed by atoms with Gasteiger partial charge in [0.25, 0.3) is 0 Å². The van der Waals surface area contributed by atoms with Gasteiger partial charge >= 0.3 is 12.1 Å². The molecule has 4 aliphatic heterocycles. The SMILES string of the molecule is CC[C@H]1OC(=O)[C@H](C)C(=O)[C@H](C)[C@@H](O[C@@H]2O[C@H](C)C[C@H](N(C)C)[C@H]2O)[C@](C)(OC)C[C@@H](C)C(=O)[C@H](C)C2N(C3CN(C(C)c4c(O)cnc5cccnc45)C3)C(=O)O[C@@]21C. The zero-order valence-electron chi connectivity index (χ0n) is 37.2. The Morgan fingerprint density at radius 3 is 2.35 bits per heavy atom. The maximum Gasteiger partial charge on any atom is 0.411 e. The zero-order chi connectivity index (χ0) is 44.2. The molecule has 60 heavy (non-hydrogen) atoms. The summed E-state index contributed by atoms with van der Waals surface area (Å²) in [5.41, 5.74) is -0.905. The number of rotatable bonds is 8. The number of aromatic nitrogens is 2. The van der Waals surface area contributed by atoms with Crippen LogP contribution in [0.4, 0.5) is 4.79 Å². The first-order valence-corrected chi connectivity index (χ1v) is 21.3. The second-order valence-corrected chi connectivity index (χ2v) is 18.3. The third kappa shape index (κ3) is 8.15. The molecule has 0 radical (unpaired) electrons. The molecule has 6 heterocycles. The van der Waals surface area contributed by atoms with Gasteiger partial charge in [-0.15, -0.1) is 0 Å². The molecule has 1 amide bonds. The predicted molar refractivity (Wildman–Crippen MR) is 220 cm³/mol. The number of aliphatic hydroxyl groups excluding tert-OH is 1. The van der Waals surface area contributed by atoms with Crippen LogP contribution in [0.1, 0.15) is 93.2 Å². The lowest BCUT2D eigenvalue weighted by molar-refractivity contribution is -0.295. The highest BCUT2D eigenvalue weighted by atomic mass is 16.7. The number of aliphatic hydroxyl groups is 1. The third-order valence-electron chi connectivity index (χ3n) is 14.0. The van der Waals surface area contributed by atoms with E-state index in [9.17, 15) is 29.4 Å². The van der Waals surface area contributed by atoms with Crippen LogP contribution >= 0.6 is 0 Å². The normalized spacial score (nSPS) is 38.3. The average molecular weight is 840 g/mol. The van der Waals surface area contributed by atoms with Gasteiger partial charge in [0.2, 0.25) is 0 Å². The molecule has 16 heteroatoms. The first kappa shape index (κ1) is 45.7. The van der Waals surface area contributed by atoms with Gasteiger partial charge in [0, 0.05) is 61.8 Å². The average Bonchev–Trinajstić information content (AvgIpc) is 3.46. The number of likely N-dealkylation sites (tertiary alicyclic amines) is 1. The molecule has 0 aliphatic carbocycles. The van der Waals surface area contributed by atoms with Gasteiger partial charge in [0.15, 0.2) is 17.7 Å². The molecule has 4 fully saturated rings. The summed E-state index contributed by atoms with van der Waals surface area (Å²) in [5, 5.41) is 22.4. The molecule has 2 aromatic rings. The van der Waals surface area contributed by atoms with E-state index in [0.29, 0.717) is 36.1 Å². The number of esters is 1. The number of methoxy groups -OCH3 is 1. The number of pyridine rings is 2. The van der Waals surface area contributed by atoms with E-state index in [1.807, 2.05) is 45.8 Å². The van der Waals surface area contributed by atoms with Crippen molar-refractivity contribution in [3.63, 3.8) is 0 Å². The van der Waals surface area contributed by atoms with Gasteiger partial charge in [-0.1, -0.05) is 27.7 Å². The molecule has 2 N–H and O–H groups in total. The molecule has 4 saturated heterocycles. The number of Topliss-reactive ketones (excluding diaryl/α,β-unsaturated/α-hetero) is 2. The van der Waals surface area contributed by atoms with Crippen LogP contribution < -0.4 is 0 Å². The van der Waals surface area contributed by atoms with E-state index in [1.54, 1.807) is 51.8 Å². The van der Waals surface area contributed by atoms with E-state index in [0.717, 1.165) is 0 Å². The van der Waals surface area contributed by atoms with Gasteiger partial charge in [-0.05, 0) is 80.1 Å². The zero-order valence-corrected chi connectivity index (χ0v) is 37.2. The maximum atomic E-state index is 14.9. The Labute approximate surface area is 353 Å². The third-order valence-corrected chi connectivity index (χ3v) is 14.0. The summed E-state index contributed by atoms with van der Waals surface area (Å²) in [6.45, 7) is 16.7. The van der Waals surface area contributed by atoms with Crippen molar-refractivity contribution in [2.75, 3.05) is 34.3 Å². The van der Waals surface area contributed by atoms with Gasteiger partial charge in [-0.3, -0.25) is 34.2 Å². The van der Waals surface area contributed by atoms with Crippen LogP contribution in [-0.4, -0.2) is 153 Å². The van der Waals surface area contributed by atoms with Crippen molar-refractivity contribution in [2.45, 2.75) is 148 Å². The number of likely N-dealkylation sites (N-methyl/N-ethyl adjacent to an activating group) is 1. The quantitative estimate of drug-likeness (QED) is 0.283. The molecule has 332 valence electrons. The molecule has 4 aliphatic rings. The molecule has 0 bridgehead atoms. The second-order valence-electron chi connectivity index (χ2n) is 18.3. The highest BCUT2D eigenvalue weighted by molar-refractivity contribution is 6.00. The lowest BCUT2D eigenvalue weighted by Crippen LogP contribution is -2.66. The van der Waals surface area contributed by atoms with Crippen LogP contribution in [0.2, 0.25) is 0 Å². The van der Waals surface area contributed by atoms with E-state index < -0.39 is 83.4 Å². The summed E-state index contributed by atoms with van der Waals surface area (Å²) in [6, 6.07) is 1.79. The Morgan fingerprint density at radius 2 is 1.72 bits per heavy atom. The predicted octanol–water partition coefficient (Wildman–Crippen LogP) is 4.28. The molecule has 2 aromatic heterocycles. The van der Waals surface area contributed by atoms with Crippen LogP contribution in [0, 0.1) is 23.7 Å². The second kappa shape index (κ2) is 17.5. The van der Waals surface area contributed by atoms with Crippen LogP contribution in [-0.2, 0) is 38.1 Å². The van der Waals surface area contributed by atoms with Crippen LogP contribution in [0.3, 0.4) is 0 Å². The fourth-order valence-corrected chi connectivity index (χ4v) is 10.4. The lowest BCUT2D eigenvalue weighted by atomic mass is 9.73. The molecule has 14 atom stereocenters. The molecule has 16 nitrogen and oxygen atoms in total.